The summed E-state index contributed by atoms with van der Waals surface area (Å²) in [5, 5.41) is 8.67. The van der Waals surface area contributed by atoms with Crippen molar-refractivity contribution in [3.8, 4) is 33.6 Å². The third-order valence-corrected chi connectivity index (χ3v) is 4.59. The van der Waals surface area contributed by atoms with Gasteiger partial charge < -0.3 is 0 Å². The van der Waals surface area contributed by atoms with Crippen LogP contribution in [-0.4, -0.2) is 15.2 Å². The maximum Gasteiger partial charge on any atom is 0.138 e. The summed E-state index contributed by atoms with van der Waals surface area (Å²) >= 11 is 3.53. The Kier molecular flexibility index (Phi) is 4.54. The molecular weight excluding hydrogens is 393 g/mol. The predicted octanol–water partition coefficient (Wildman–Crippen LogP) is 5.77. The van der Waals surface area contributed by atoms with Crippen LogP contribution >= 0.6 is 15.9 Å². The Morgan fingerprint density at radius 3 is 2.12 bits per heavy atom. The minimum Gasteiger partial charge on any atom is -0.256 e. The monoisotopic (exact) mass is 405 g/mol. The third kappa shape index (κ3) is 3.13. The van der Waals surface area contributed by atoms with E-state index in [1.54, 1.807) is 18.3 Å². The van der Waals surface area contributed by atoms with Gasteiger partial charge in [-0.15, -0.1) is 10.2 Å². The molecule has 2 aromatic heterocycles. The molecule has 0 unspecified atom stereocenters. The lowest BCUT2D eigenvalue weighted by atomic mass is 9.94. The molecule has 0 N–H and O–H groups in total. The van der Waals surface area contributed by atoms with Crippen LogP contribution in [0.15, 0.2) is 83.6 Å². The van der Waals surface area contributed by atoms with Gasteiger partial charge in [0.05, 0.1) is 5.69 Å². The average molecular weight is 406 g/mol. The highest BCUT2D eigenvalue weighted by Gasteiger charge is 2.20. The van der Waals surface area contributed by atoms with Crippen LogP contribution in [0.1, 0.15) is 0 Å². The highest BCUT2D eigenvalue weighted by Crippen LogP contribution is 2.40. The molecule has 26 heavy (non-hydrogen) atoms. The molecule has 0 amide bonds. The molecule has 2 aromatic carbocycles. The van der Waals surface area contributed by atoms with E-state index in [2.05, 4.69) is 31.1 Å². The quantitative estimate of drug-likeness (QED) is 0.433. The molecule has 0 spiro atoms. The van der Waals surface area contributed by atoms with Gasteiger partial charge in [-0.05, 0) is 57.9 Å². The van der Waals surface area contributed by atoms with Gasteiger partial charge in [0.1, 0.15) is 16.1 Å². The van der Waals surface area contributed by atoms with Crippen molar-refractivity contribution >= 4 is 15.9 Å². The maximum absolute atomic E-state index is 13.4. The number of hydrogen-bond acceptors (Lipinski definition) is 3. The smallest absolute Gasteiger partial charge is 0.138 e. The van der Waals surface area contributed by atoms with Crippen molar-refractivity contribution in [2.75, 3.05) is 0 Å². The number of hydrogen-bond donors (Lipinski definition) is 0. The van der Waals surface area contributed by atoms with Gasteiger partial charge in [0.15, 0.2) is 0 Å². The number of nitrogens with zero attached hydrogens (tertiary/aromatic N) is 3. The lowest BCUT2D eigenvalue weighted by Gasteiger charge is -2.15. The summed E-state index contributed by atoms with van der Waals surface area (Å²) in [5.74, 6) is -0.287. The lowest BCUT2D eigenvalue weighted by Crippen LogP contribution is -1.99. The zero-order valence-electron chi connectivity index (χ0n) is 13.6. The minimum atomic E-state index is -0.287. The van der Waals surface area contributed by atoms with Crippen molar-refractivity contribution < 1.29 is 4.39 Å². The van der Waals surface area contributed by atoms with E-state index >= 15 is 0 Å². The minimum absolute atomic E-state index is 0.287. The Bertz CT molecular complexity index is 1040. The number of pyridine rings is 1. The largest absolute Gasteiger partial charge is 0.256 e. The van der Waals surface area contributed by atoms with E-state index in [4.69, 9.17) is 0 Å². The van der Waals surface area contributed by atoms with Crippen molar-refractivity contribution in [1.82, 2.24) is 15.2 Å². The van der Waals surface area contributed by atoms with E-state index in [0.717, 1.165) is 27.9 Å². The fourth-order valence-corrected chi connectivity index (χ4v) is 3.34. The van der Waals surface area contributed by atoms with Crippen LogP contribution in [0, 0.1) is 5.82 Å². The lowest BCUT2D eigenvalue weighted by molar-refractivity contribution is 0.628. The summed E-state index contributed by atoms with van der Waals surface area (Å²) in [6, 6.07) is 21.9. The molecule has 0 saturated heterocycles. The number of halogens is 2. The van der Waals surface area contributed by atoms with Gasteiger partial charge >= 0.3 is 0 Å². The van der Waals surface area contributed by atoms with Crippen LogP contribution in [0.3, 0.4) is 0 Å². The number of aromatic nitrogens is 3. The van der Waals surface area contributed by atoms with Crippen LogP contribution < -0.4 is 0 Å². The molecule has 0 aliphatic carbocycles. The molecule has 0 saturated carbocycles. The molecule has 0 atom stereocenters. The topological polar surface area (TPSA) is 38.7 Å². The van der Waals surface area contributed by atoms with Gasteiger partial charge in [-0.1, -0.05) is 36.4 Å². The van der Waals surface area contributed by atoms with Crippen LogP contribution in [0.4, 0.5) is 4.39 Å². The number of rotatable bonds is 3. The standard InChI is InChI=1S/C21H13BrFN3/c22-21-19(17-8-4-5-13-24-17)18(14-6-2-1-3-7-14)20(25-26-21)15-9-11-16(23)12-10-15/h1-13H. The van der Waals surface area contributed by atoms with E-state index in [0.29, 0.717) is 10.3 Å². The second-order valence-corrected chi connectivity index (χ2v) is 6.43. The second-order valence-electron chi connectivity index (χ2n) is 5.68. The van der Waals surface area contributed by atoms with Crippen molar-refractivity contribution in [2.45, 2.75) is 0 Å². The Morgan fingerprint density at radius 2 is 1.42 bits per heavy atom. The molecule has 2 heterocycles. The van der Waals surface area contributed by atoms with Gasteiger partial charge in [-0.2, -0.15) is 0 Å². The van der Waals surface area contributed by atoms with Crippen molar-refractivity contribution in [3.05, 3.63) is 89.4 Å². The van der Waals surface area contributed by atoms with E-state index < -0.39 is 0 Å². The van der Waals surface area contributed by atoms with Crippen molar-refractivity contribution in [2.24, 2.45) is 0 Å². The molecule has 0 aliphatic heterocycles. The van der Waals surface area contributed by atoms with Crippen molar-refractivity contribution in [1.29, 1.82) is 0 Å². The van der Waals surface area contributed by atoms with Gasteiger partial charge in [0, 0.05) is 22.9 Å². The van der Waals surface area contributed by atoms with E-state index in [-0.39, 0.29) is 5.82 Å². The molecule has 4 rings (SSSR count). The molecule has 0 radical (unpaired) electrons. The van der Waals surface area contributed by atoms with Crippen LogP contribution in [0.2, 0.25) is 0 Å². The van der Waals surface area contributed by atoms with Gasteiger partial charge in [0.2, 0.25) is 0 Å². The Hall–Kier alpha value is -2.92. The van der Waals surface area contributed by atoms with E-state index in [1.807, 2.05) is 48.5 Å². The molecule has 0 fully saturated rings. The third-order valence-electron chi connectivity index (χ3n) is 4.03. The van der Waals surface area contributed by atoms with E-state index in [1.165, 1.54) is 12.1 Å². The first-order valence-electron chi connectivity index (χ1n) is 8.03. The molecule has 0 aliphatic rings. The fraction of sp³-hybridized carbons (Fsp3) is 0. The summed E-state index contributed by atoms with van der Waals surface area (Å²) in [6.07, 6.45) is 1.74. The number of benzene rings is 2. The first-order chi connectivity index (χ1) is 12.7. The molecule has 5 heteroatoms. The fourth-order valence-electron chi connectivity index (χ4n) is 2.86. The maximum atomic E-state index is 13.4. The first kappa shape index (κ1) is 16.5. The summed E-state index contributed by atoms with van der Waals surface area (Å²) in [5.41, 5.74) is 5.01. The van der Waals surface area contributed by atoms with Gasteiger partial charge in [0.25, 0.3) is 0 Å². The summed E-state index contributed by atoms with van der Waals surface area (Å²) in [6.45, 7) is 0. The summed E-state index contributed by atoms with van der Waals surface area (Å²) in [7, 11) is 0. The Morgan fingerprint density at radius 1 is 0.692 bits per heavy atom. The predicted molar refractivity (Wildman–Crippen MR) is 104 cm³/mol. The van der Waals surface area contributed by atoms with E-state index in [9.17, 15) is 4.39 Å². The molecular formula is C21H13BrFN3. The summed E-state index contributed by atoms with van der Waals surface area (Å²) in [4.78, 5) is 4.49. The Labute approximate surface area is 158 Å². The molecule has 0 bridgehead atoms. The van der Waals surface area contributed by atoms with Crippen molar-refractivity contribution in [3.63, 3.8) is 0 Å². The molecule has 4 aromatic rings. The first-order valence-corrected chi connectivity index (χ1v) is 8.82. The SMILES string of the molecule is Fc1ccc(-c2nnc(Br)c(-c3ccccn3)c2-c2ccccc2)cc1. The average Bonchev–Trinajstić information content (AvgIpc) is 2.70. The molecule has 126 valence electrons. The zero-order valence-corrected chi connectivity index (χ0v) is 15.2. The second kappa shape index (κ2) is 7.14. The summed E-state index contributed by atoms with van der Waals surface area (Å²) < 4.78 is 14.0. The van der Waals surface area contributed by atoms with Crippen LogP contribution in [-0.2, 0) is 0 Å². The highest BCUT2D eigenvalue weighted by atomic mass is 79.9. The molecule has 3 nitrogen and oxygen atoms in total. The Balaban J connectivity index is 2.06. The van der Waals surface area contributed by atoms with Crippen LogP contribution in [0.25, 0.3) is 33.6 Å². The normalized spacial score (nSPS) is 10.7. The van der Waals surface area contributed by atoms with Gasteiger partial charge in [-0.3, -0.25) is 4.98 Å². The van der Waals surface area contributed by atoms with Crippen LogP contribution in [0.5, 0.6) is 0 Å². The highest BCUT2D eigenvalue weighted by molar-refractivity contribution is 9.10. The zero-order chi connectivity index (χ0) is 17.9. The van der Waals surface area contributed by atoms with Gasteiger partial charge in [-0.25, -0.2) is 4.39 Å².